The number of halogens is 1. The second-order valence-corrected chi connectivity index (χ2v) is 17.7. The van der Waals surface area contributed by atoms with Crippen LogP contribution in [0.4, 0.5) is 27.1 Å². The average Bonchev–Trinajstić information content (AvgIpc) is 3.66. The van der Waals surface area contributed by atoms with E-state index in [0.717, 1.165) is 56.5 Å². The van der Waals surface area contributed by atoms with Gasteiger partial charge < -0.3 is 14.5 Å². The quantitative estimate of drug-likeness (QED) is 0.178. The lowest BCUT2D eigenvalue weighted by Gasteiger charge is -2.26. The van der Waals surface area contributed by atoms with E-state index >= 15 is 0 Å². The van der Waals surface area contributed by atoms with Gasteiger partial charge in [0.1, 0.15) is 29.8 Å². The summed E-state index contributed by atoms with van der Waals surface area (Å²) >= 11 is 0. The Labute approximate surface area is 318 Å². The van der Waals surface area contributed by atoms with Crippen molar-refractivity contribution in [1.82, 2.24) is 9.55 Å². The van der Waals surface area contributed by atoms with Crippen molar-refractivity contribution in [2.75, 3.05) is 16.5 Å². The normalized spacial score (nSPS) is 13.6. The van der Waals surface area contributed by atoms with Crippen LogP contribution in [0.25, 0.3) is 27.6 Å². The van der Waals surface area contributed by atoms with Gasteiger partial charge in [-0.05, 0) is 112 Å². The molecule has 3 heterocycles. The topological polar surface area (TPSA) is 33.5 Å². The lowest BCUT2D eigenvalue weighted by atomic mass is 9.86. The maximum absolute atomic E-state index is 14.1. The Balaban J connectivity index is 1.23. The lowest BCUT2D eigenvalue weighted by Crippen LogP contribution is -2.24. The smallest absolute Gasteiger partial charge is 0.137 e. The maximum atomic E-state index is 14.1. The zero-order chi connectivity index (χ0) is 38.2. The number of fused-ring (bicyclic) bond motifs is 4. The molecule has 0 radical (unpaired) electrons. The van der Waals surface area contributed by atoms with E-state index in [1.807, 2.05) is 18.3 Å². The molecule has 0 N–H and O–H groups in total. The van der Waals surface area contributed by atoms with Crippen molar-refractivity contribution in [3.05, 3.63) is 144 Å². The number of benzene rings is 5. The fourth-order valence-electron chi connectivity index (χ4n) is 7.43. The number of hydrogen-bond acceptors (Lipinski definition) is 4. The van der Waals surface area contributed by atoms with Crippen LogP contribution in [0.3, 0.4) is 0 Å². The van der Waals surface area contributed by atoms with E-state index < -0.39 is 0 Å². The molecule has 5 aromatic carbocycles. The summed E-state index contributed by atoms with van der Waals surface area (Å²) in [5.41, 5.74) is 9.79. The Morgan fingerprint density at radius 3 is 1.93 bits per heavy atom. The van der Waals surface area contributed by atoms with Gasteiger partial charge in [0.05, 0.1) is 22.4 Å². The Morgan fingerprint density at radius 1 is 0.537 bits per heavy atom. The highest BCUT2D eigenvalue weighted by Gasteiger charge is 2.31. The summed E-state index contributed by atoms with van der Waals surface area (Å²) in [6, 6.07) is 39.3. The van der Waals surface area contributed by atoms with Crippen molar-refractivity contribution in [1.29, 1.82) is 0 Å². The van der Waals surface area contributed by atoms with Crippen molar-refractivity contribution in [2.24, 2.45) is 0 Å². The molecule has 5 nitrogen and oxygen atoms in total. The fraction of sp³-hybridized carbons (Fsp3) is 0.271. The molecule has 54 heavy (non-hydrogen) atoms. The van der Waals surface area contributed by atoms with Gasteiger partial charge in [0.25, 0.3) is 0 Å². The molecule has 274 valence electrons. The highest BCUT2D eigenvalue weighted by molar-refractivity contribution is 6.09. The molecule has 0 unspecified atom stereocenters. The fourth-order valence-corrected chi connectivity index (χ4v) is 7.43. The minimum absolute atomic E-state index is 0.0126. The van der Waals surface area contributed by atoms with Gasteiger partial charge in [-0.1, -0.05) is 86.6 Å². The summed E-state index contributed by atoms with van der Waals surface area (Å²) < 4.78 is 23.2. The van der Waals surface area contributed by atoms with Crippen LogP contribution >= 0.6 is 0 Å². The van der Waals surface area contributed by atoms with Crippen LogP contribution in [0.1, 0.15) is 79.0 Å². The summed E-state index contributed by atoms with van der Waals surface area (Å²) in [7, 11) is 0. The third kappa shape index (κ3) is 6.48. The standard InChI is InChI=1S/C48H49FN4O/c1-46(2,3)31-14-21-42-44(26-31)51(35-17-15-34(49)16-18-35)30-52(42)36-24-33(48(7,8)9)25-38(28-36)54-37-19-20-40-39-12-10-11-13-41(39)53(43(40)29-37)45-27-32(22-23-50-45)47(4,5)6/h10-29H,30H2,1-9H3. The van der Waals surface area contributed by atoms with Crippen molar-refractivity contribution >= 4 is 44.6 Å². The first-order chi connectivity index (χ1) is 25.5. The van der Waals surface area contributed by atoms with Gasteiger partial charge in [-0.2, -0.15) is 0 Å². The zero-order valence-electron chi connectivity index (χ0n) is 32.8. The van der Waals surface area contributed by atoms with Gasteiger partial charge in [0.2, 0.25) is 0 Å². The molecule has 0 atom stereocenters. The number of nitrogens with zero attached hydrogens (tertiary/aromatic N) is 4. The van der Waals surface area contributed by atoms with E-state index in [1.54, 1.807) is 0 Å². The molecule has 1 aliphatic heterocycles. The van der Waals surface area contributed by atoms with Crippen LogP contribution in [0.5, 0.6) is 11.5 Å². The first kappa shape index (κ1) is 35.4. The molecular formula is C48H49FN4O. The third-order valence-electron chi connectivity index (χ3n) is 10.6. The number of aromatic nitrogens is 2. The van der Waals surface area contributed by atoms with Crippen LogP contribution < -0.4 is 14.5 Å². The highest BCUT2D eigenvalue weighted by atomic mass is 19.1. The summed E-state index contributed by atoms with van der Waals surface area (Å²) in [6.45, 7) is 20.7. The van der Waals surface area contributed by atoms with Crippen LogP contribution in [0, 0.1) is 5.82 Å². The lowest BCUT2D eigenvalue weighted by molar-refractivity contribution is 0.479. The molecule has 8 rings (SSSR count). The van der Waals surface area contributed by atoms with Crippen molar-refractivity contribution < 1.29 is 9.13 Å². The molecule has 0 fully saturated rings. The minimum Gasteiger partial charge on any atom is -0.457 e. The number of rotatable bonds is 5. The summed E-state index contributed by atoms with van der Waals surface area (Å²) in [5.74, 6) is 2.16. The molecular weight excluding hydrogens is 668 g/mol. The predicted molar refractivity (Wildman–Crippen MR) is 223 cm³/mol. The predicted octanol–water partition coefficient (Wildman–Crippen LogP) is 13.2. The number of hydrogen-bond donors (Lipinski definition) is 0. The minimum atomic E-state index is -0.244. The SMILES string of the molecule is CC(C)(C)c1cc(Oc2ccc3c4ccccc4n(-c4cc(C(C)(C)C)ccn4)c3c2)cc(N2CN(c3ccc(F)cc3)c3cc(C(C)(C)C)ccc32)c1. The van der Waals surface area contributed by atoms with Crippen LogP contribution in [0.2, 0.25) is 0 Å². The molecule has 0 spiro atoms. The number of pyridine rings is 1. The molecule has 7 aromatic rings. The molecule has 2 aromatic heterocycles. The van der Waals surface area contributed by atoms with Gasteiger partial charge in [-0.15, -0.1) is 0 Å². The summed E-state index contributed by atoms with van der Waals surface area (Å²) in [5, 5.41) is 2.32. The Kier molecular flexibility index (Phi) is 8.37. The van der Waals surface area contributed by atoms with Gasteiger partial charge in [0.15, 0.2) is 0 Å². The molecule has 0 saturated carbocycles. The third-order valence-corrected chi connectivity index (χ3v) is 10.6. The largest absolute Gasteiger partial charge is 0.457 e. The second-order valence-electron chi connectivity index (χ2n) is 17.7. The van der Waals surface area contributed by atoms with Crippen molar-refractivity contribution in [2.45, 2.75) is 78.6 Å². The van der Waals surface area contributed by atoms with Gasteiger partial charge in [-0.3, -0.25) is 4.57 Å². The molecule has 1 aliphatic rings. The first-order valence-electron chi connectivity index (χ1n) is 18.8. The second kappa shape index (κ2) is 12.8. The van der Waals surface area contributed by atoms with E-state index in [1.165, 1.54) is 34.2 Å². The number of anilines is 4. The maximum Gasteiger partial charge on any atom is 0.137 e. The Morgan fingerprint density at radius 2 is 1.20 bits per heavy atom. The highest BCUT2D eigenvalue weighted by Crippen LogP contribution is 2.48. The average molecular weight is 717 g/mol. The molecule has 0 saturated heterocycles. The van der Waals surface area contributed by atoms with E-state index in [4.69, 9.17) is 9.72 Å². The van der Waals surface area contributed by atoms with Crippen LogP contribution in [0.15, 0.2) is 121 Å². The molecule has 0 aliphatic carbocycles. The van der Waals surface area contributed by atoms with E-state index in [-0.39, 0.29) is 22.1 Å². The van der Waals surface area contributed by atoms with E-state index in [0.29, 0.717) is 6.67 Å². The van der Waals surface area contributed by atoms with Gasteiger partial charge in [-0.25, -0.2) is 9.37 Å². The first-order valence-corrected chi connectivity index (χ1v) is 18.8. The molecule has 6 heteroatoms. The van der Waals surface area contributed by atoms with Crippen molar-refractivity contribution in [3.8, 4) is 17.3 Å². The summed E-state index contributed by atoms with van der Waals surface area (Å²) in [6.07, 6.45) is 1.91. The van der Waals surface area contributed by atoms with E-state index in [9.17, 15) is 4.39 Å². The Bertz CT molecular complexity index is 2530. The number of ether oxygens (including phenoxy) is 1. The van der Waals surface area contributed by atoms with Gasteiger partial charge >= 0.3 is 0 Å². The molecule has 0 amide bonds. The zero-order valence-corrected chi connectivity index (χ0v) is 32.8. The Hall–Kier alpha value is -5.62. The number of para-hydroxylation sites is 1. The van der Waals surface area contributed by atoms with Crippen LogP contribution in [-0.4, -0.2) is 16.2 Å². The van der Waals surface area contributed by atoms with Gasteiger partial charge in [0, 0.05) is 40.5 Å². The summed E-state index contributed by atoms with van der Waals surface area (Å²) in [4.78, 5) is 9.47. The van der Waals surface area contributed by atoms with Crippen molar-refractivity contribution in [3.63, 3.8) is 0 Å². The van der Waals surface area contributed by atoms with E-state index in [2.05, 4.69) is 168 Å². The monoisotopic (exact) mass is 716 g/mol. The van der Waals surface area contributed by atoms with Crippen LogP contribution in [-0.2, 0) is 16.2 Å². The molecule has 0 bridgehead atoms.